The number of carbonyl (C=O) groups excluding carboxylic acids is 1. The van der Waals surface area contributed by atoms with Crippen LogP contribution < -0.4 is 5.73 Å². The molecule has 112 valence electrons. The fourth-order valence-electron chi connectivity index (χ4n) is 2.76. The van der Waals surface area contributed by atoms with Crippen molar-refractivity contribution in [3.05, 3.63) is 18.0 Å². The maximum absolute atomic E-state index is 12.6. The maximum Gasteiger partial charge on any atom is 0.270 e. The highest BCUT2D eigenvalue weighted by molar-refractivity contribution is 5.93. The molecule has 1 aromatic heterocycles. The molecule has 1 aromatic rings. The van der Waals surface area contributed by atoms with Gasteiger partial charge < -0.3 is 19.9 Å². The van der Waals surface area contributed by atoms with E-state index in [9.17, 15) is 4.79 Å². The third kappa shape index (κ3) is 3.33. The van der Waals surface area contributed by atoms with Gasteiger partial charge in [-0.25, -0.2) is 0 Å². The summed E-state index contributed by atoms with van der Waals surface area (Å²) in [6.07, 6.45) is 4.98. The van der Waals surface area contributed by atoms with Crippen molar-refractivity contribution < 1.29 is 9.53 Å². The summed E-state index contributed by atoms with van der Waals surface area (Å²) in [5.41, 5.74) is 7.19. The van der Waals surface area contributed by atoms with Gasteiger partial charge in [0.2, 0.25) is 0 Å². The van der Waals surface area contributed by atoms with Crippen molar-refractivity contribution in [3.63, 3.8) is 0 Å². The second kappa shape index (κ2) is 6.79. The standard InChI is InChI=1S/C15H25N3O2/c1-3-7-18-11-12(16)10-14(18)15(19)17-8-5-13(6-9-17)20-4-2/h10-11,13H,3-9,16H2,1-2H3. The molecule has 5 nitrogen and oxygen atoms in total. The number of likely N-dealkylation sites (tertiary alicyclic amines) is 1. The van der Waals surface area contributed by atoms with E-state index in [0.717, 1.165) is 45.5 Å². The summed E-state index contributed by atoms with van der Waals surface area (Å²) in [5.74, 6) is 0.0881. The molecule has 0 unspecified atom stereocenters. The fraction of sp³-hybridized carbons (Fsp3) is 0.667. The normalized spacial score (nSPS) is 16.6. The molecule has 1 saturated heterocycles. The van der Waals surface area contributed by atoms with Gasteiger partial charge in [0.1, 0.15) is 5.69 Å². The van der Waals surface area contributed by atoms with Crippen LogP contribution in [0, 0.1) is 0 Å². The van der Waals surface area contributed by atoms with E-state index in [2.05, 4.69) is 6.92 Å². The Hall–Kier alpha value is -1.49. The number of hydrogen-bond donors (Lipinski definition) is 1. The number of rotatable bonds is 5. The molecule has 0 saturated carbocycles. The van der Waals surface area contributed by atoms with E-state index >= 15 is 0 Å². The molecule has 1 amide bonds. The molecule has 0 bridgehead atoms. The predicted molar refractivity (Wildman–Crippen MR) is 79.7 cm³/mol. The highest BCUT2D eigenvalue weighted by atomic mass is 16.5. The lowest BCUT2D eigenvalue weighted by Crippen LogP contribution is -2.41. The monoisotopic (exact) mass is 279 g/mol. The summed E-state index contributed by atoms with van der Waals surface area (Å²) >= 11 is 0. The van der Waals surface area contributed by atoms with Crippen molar-refractivity contribution in [1.29, 1.82) is 0 Å². The van der Waals surface area contributed by atoms with Crippen LogP contribution in [-0.2, 0) is 11.3 Å². The summed E-state index contributed by atoms with van der Waals surface area (Å²) in [6, 6.07) is 1.78. The van der Waals surface area contributed by atoms with Gasteiger partial charge in [0.15, 0.2) is 0 Å². The van der Waals surface area contributed by atoms with Crippen LogP contribution in [0.4, 0.5) is 5.69 Å². The Bertz CT molecular complexity index is 448. The number of ether oxygens (including phenoxy) is 1. The van der Waals surface area contributed by atoms with Crippen LogP contribution in [0.15, 0.2) is 12.3 Å². The second-order valence-electron chi connectivity index (χ2n) is 5.30. The van der Waals surface area contributed by atoms with E-state index < -0.39 is 0 Å². The average Bonchev–Trinajstić information content (AvgIpc) is 2.81. The van der Waals surface area contributed by atoms with Crippen LogP contribution >= 0.6 is 0 Å². The van der Waals surface area contributed by atoms with Crippen LogP contribution in [0.3, 0.4) is 0 Å². The summed E-state index contributed by atoms with van der Waals surface area (Å²) < 4.78 is 7.58. The SMILES string of the molecule is CCCn1cc(N)cc1C(=O)N1CCC(OCC)CC1. The van der Waals surface area contributed by atoms with Crippen molar-refractivity contribution in [2.75, 3.05) is 25.4 Å². The predicted octanol–water partition coefficient (Wildman–Crippen LogP) is 2.12. The Morgan fingerprint density at radius 2 is 2.10 bits per heavy atom. The quantitative estimate of drug-likeness (QED) is 0.898. The molecule has 0 radical (unpaired) electrons. The lowest BCUT2D eigenvalue weighted by atomic mass is 10.1. The number of amides is 1. The van der Waals surface area contributed by atoms with E-state index in [-0.39, 0.29) is 5.91 Å². The average molecular weight is 279 g/mol. The fourth-order valence-corrected chi connectivity index (χ4v) is 2.76. The molecule has 0 aromatic carbocycles. The van der Waals surface area contributed by atoms with Crippen molar-refractivity contribution >= 4 is 11.6 Å². The molecule has 2 N–H and O–H groups in total. The second-order valence-corrected chi connectivity index (χ2v) is 5.30. The Kier molecular flexibility index (Phi) is 5.06. The van der Waals surface area contributed by atoms with E-state index in [4.69, 9.17) is 10.5 Å². The molecule has 5 heteroatoms. The zero-order valence-electron chi connectivity index (χ0n) is 12.5. The Morgan fingerprint density at radius 3 is 2.70 bits per heavy atom. The number of aromatic nitrogens is 1. The molecule has 0 aliphatic carbocycles. The van der Waals surface area contributed by atoms with Gasteiger partial charge in [-0.1, -0.05) is 6.92 Å². The van der Waals surface area contributed by atoms with Crippen LogP contribution in [0.1, 0.15) is 43.6 Å². The van der Waals surface area contributed by atoms with Crippen molar-refractivity contribution in [1.82, 2.24) is 9.47 Å². The highest BCUT2D eigenvalue weighted by Gasteiger charge is 2.25. The number of hydrogen-bond acceptors (Lipinski definition) is 3. The molecule has 1 aliphatic heterocycles. The summed E-state index contributed by atoms with van der Waals surface area (Å²) in [5, 5.41) is 0. The summed E-state index contributed by atoms with van der Waals surface area (Å²) in [4.78, 5) is 14.5. The topological polar surface area (TPSA) is 60.5 Å². The smallest absolute Gasteiger partial charge is 0.270 e. The van der Waals surface area contributed by atoms with E-state index in [1.165, 1.54) is 0 Å². The van der Waals surface area contributed by atoms with E-state index in [0.29, 0.717) is 17.5 Å². The van der Waals surface area contributed by atoms with Gasteiger partial charge in [0.05, 0.1) is 11.8 Å². The van der Waals surface area contributed by atoms with Crippen LogP contribution in [0.2, 0.25) is 0 Å². The number of nitrogens with two attached hydrogens (primary N) is 1. The molecule has 2 rings (SSSR count). The van der Waals surface area contributed by atoms with Crippen LogP contribution in [0.5, 0.6) is 0 Å². The van der Waals surface area contributed by atoms with Gasteiger partial charge in [0, 0.05) is 32.4 Å². The third-order valence-corrected chi connectivity index (χ3v) is 3.73. The Labute approximate surface area is 120 Å². The lowest BCUT2D eigenvalue weighted by Gasteiger charge is -2.32. The number of piperidine rings is 1. The lowest BCUT2D eigenvalue weighted by molar-refractivity contribution is 0.0143. The Morgan fingerprint density at radius 1 is 1.40 bits per heavy atom. The minimum Gasteiger partial charge on any atom is -0.397 e. The molecular weight excluding hydrogens is 254 g/mol. The maximum atomic E-state index is 12.6. The molecule has 1 aliphatic rings. The van der Waals surface area contributed by atoms with Gasteiger partial charge in [0.25, 0.3) is 5.91 Å². The molecular formula is C15H25N3O2. The number of nitrogens with zero attached hydrogens (tertiary/aromatic N) is 2. The highest BCUT2D eigenvalue weighted by Crippen LogP contribution is 2.19. The van der Waals surface area contributed by atoms with Crippen LogP contribution in [0.25, 0.3) is 0 Å². The number of carbonyl (C=O) groups is 1. The van der Waals surface area contributed by atoms with E-state index in [1.54, 1.807) is 6.07 Å². The van der Waals surface area contributed by atoms with Gasteiger partial charge in [-0.15, -0.1) is 0 Å². The van der Waals surface area contributed by atoms with Gasteiger partial charge >= 0.3 is 0 Å². The first-order chi connectivity index (χ1) is 9.65. The van der Waals surface area contributed by atoms with Crippen molar-refractivity contribution in [2.45, 2.75) is 45.8 Å². The summed E-state index contributed by atoms with van der Waals surface area (Å²) in [6.45, 7) is 7.21. The third-order valence-electron chi connectivity index (χ3n) is 3.73. The van der Waals surface area contributed by atoms with Crippen molar-refractivity contribution in [2.24, 2.45) is 0 Å². The number of anilines is 1. The first-order valence-corrected chi connectivity index (χ1v) is 7.52. The first-order valence-electron chi connectivity index (χ1n) is 7.52. The molecule has 2 heterocycles. The van der Waals surface area contributed by atoms with Crippen molar-refractivity contribution in [3.8, 4) is 0 Å². The molecule has 20 heavy (non-hydrogen) atoms. The minimum atomic E-state index is 0.0881. The zero-order valence-corrected chi connectivity index (χ0v) is 12.5. The van der Waals surface area contributed by atoms with Gasteiger partial charge in [-0.05, 0) is 32.3 Å². The molecule has 0 atom stereocenters. The van der Waals surface area contributed by atoms with Gasteiger partial charge in [-0.3, -0.25) is 4.79 Å². The Balaban J connectivity index is 2.01. The number of nitrogen functional groups attached to an aromatic ring is 1. The summed E-state index contributed by atoms with van der Waals surface area (Å²) in [7, 11) is 0. The first kappa shape index (κ1) is 14.9. The van der Waals surface area contributed by atoms with Crippen LogP contribution in [-0.4, -0.2) is 41.2 Å². The number of aryl methyl sites for hydroxylation is 1. The van der Waals surface area contributed by atoms with E-state index in [1.807, 2.05) is 22.6 Å². The zero-order chi connectivity index (χ0) is 14.5. The minimum absolute atomic E-state index is 0.0881. The largest absolute Gasteiger partial charge is 0.397 e. The van der Waals surface area contributed by atoms with Gasteiger partial charge in [-0.2, -0.15) is 0 Å². The molecule has 1 fully saturated rings. The molecule has 0 spiro atoms.